The quantitative estimate of drug-likeness (QED) is 0.816. The summed E-state index contributed by atoms with van der Waals surface area (Å²) in [5.74, 6) is -0.500. The van der Waals surface area contributed by atoms with E-state index in [1.54, 1.807) is 24.3 Å². The molecule has 0 saturated heterocycles. The fraction of sp³-hybridized carbons (Fsp3) is 0.400. The Morgan fingerprint density at radius 2 is 2.05 bits per heavy atom. The third-order valence-electron chi connectivity index (χ3n) is 3.27. The van der Waals surface area contributed by atoms with Crippen LogP contribution in [0.2, 0.25) is 0 Å². The second kappa shape index (κ2) is 6.20. The summed E-state index contributed by atoms with van der Waals surface area (Å²) in [6.45, 7) is 0. The maximum atomic E-state index is 11.8. The summed E-state index contributed by atoms with van der Waals surface area (Å²) in [7, 11) is 1.30. The van der Waals surface area contributed by atoms with Gasteiger partial charge in [-0.15, -0.1) is 0 Å². The Morgan fingerprint density at radius 1 is 1.40 bits per heavy atom. The number of nitrogens with one attached hydrogen (secondary N) is 1. The SMILES string of the molecule is COC(=O)[C@@H](Cc1ccc(C#N)cc1)NC(=O)C1CC1. The summed E-state index contributed by atoms with van der Waals surface area (Å²) in [4.78, 5) is 23.5. The average molecular weight is 272 g/mol. The number of esters is 1. The van der Waals surface area contributed by atoms with Gasteiger partial charge in [0.25, 0.3) is 0 Å². The maximum Gasteiger partial charge on any atom is 0.328 e. The molecular weight excluding hydrogens is 256 g/mol. The van der Waals surface area contributed by atoms with Crippen molar-refractivity contribution in [3.05, 3.63) is 35.4 Å². The minimum atomic E-state index is -0.680. The summed E-state index contributed by atoms with van der Waals surface area (Å²) < 4.78 is 4.72. The molecule has 1 amide bonds. The first-order valence-electron chi connectivity index (χ1n) is 6.51. The van der Waals surface area contributed by atoms with Crippen LogP contribution in [0.5, 0.6) is 0 Å². The third-order valence-corrected chi connectivity index (χ3v) is 3.27. The lowest BCUT2D eigenvalue weighted by molar-refractivity contribution is -0.145. The monoisotopic (exact) mass is 272 g/mol. The van der Waals surface area contributed by atoms with E-state index in [4.69, 9.17) is 10.00 Å². The Labute approximate surface area is 117 Å². The number of hydrogen-bond donors (Lipinski definition) is 1. The Kier molecular flexibility index (Phi) is 4.36. The molecular formula is C15H16N2O3. The molecule has 0 aromatic heterocycles. The van der Waals surface area contributed by atoms with Gasteiger partial charge in [-0.25, -0.2) is 4.79 Å². The van der Waals surface area contributed by atoms with Gasteiger partial charge in [-0.1, -0.05) is 12.1 Å². The van der Waals surface area contributed by atoms with Crippen molar-refractivity contribution in [1.29, 1.82) is 5.26 Å². The number of hydrogen-bond acceptors (Lipinski definition) is 4. The number of amides is 1. The van der Waals surface area contributed by atoms with E-state index in [9.17, 15) is 9.59 Å². The van der Waals surface area contributed by atoms with E-state index in [-0.39, 0.29) is 11.8 Å². The lowest BCUT2D eigenvalue weighted by Gasteiger charge is -2.16. The van der Waals surface area contributed by atoms with Gasteiger partial charge in [-0.05, 0) is 30.5 Å². The number of ether oxygens (including phenoxy) is 1. The first kappa shape index (κ1) is 14.1. The molecule has 1 aliphatic carbocycles. The summed E-state index contributed by atoms with van der Waals surface area (Å²) >= 11 is 0. The molecule has 20 heavy (non-hydrogen) atoms. The highest BCUT2D eigenvalue weighted by Crippen LogP contribution is 2.29. The van der Waals surface area contributed by atoms with Crippen molar-refractivity contribution in [2.75, 3.05) is 7.11 Å². The second-order valence-corrected chi connectivity index (χ2v) is 4.87. The number of methoxy groups -OCH3 is 1. The molecule has 0 heterocycles. The van der Waals surface area contributed by atoms with E-state index in [0.717, 1.165) is 18.4 Å². The predicted molar refractivity (Wildman–Crippen MR) is 71.5 cm³/mol. The number of nitrogens with zero attached hydrogens (tertiary/aromatic N) is 1. The molecule has 0 bridgehead atoms. The van der Waals surface area contributed by atoms with Crippen LogP contribution in [-0.4, -0.2) is 25.0 Å². The van der Waals surface area contributed by atoms with Crippen LogP contribution >= 0.6 is 0 Å². The molecule has 2 rings (SSSR count). The molecule has 0 unspecified atom stereocenters. The number of rotatable bonds is 5. The molecule has 1 atom stereocenters. The van der Waals surface area contributed by atoms with Crippen molar-refractivity contribution in [3.63, 3.8) is 0 Å². The highest BCUT2D eigenvalue weighted by molar-refractivity contribution is 5.87. The zero-order valence-corrected chi connectivity index (χ0v) is 11.3. The number of carbonyl (C=O) groups is 2. The molecule has 1 saturated carbocycles. The van der Waals surface area contributed by atoms with Gasteiger partial charge in [0, 0.05) is 12.3 Å². The van der Waals surface area contributed by atoms with Crippen molar-refractivity contribution >= 4 is 11.9 Å². The van der Waals surface area contributed by atoms with Crippen molar-refractivity contribution in [2.24, 2.45) is 5.92 Å². The van der Waals surface area contributed by atoms with Gasteiger partial charge in [0.15, 0.2) is 0 Å². The fourth-order valence-electron chi connectivity index (χ4n) is 1.92. The summed E-state index contributed by atoms with van der Waals surface area (Å²) in [6, 6.07) is 8.28. The molecule has 0 aliphatic heterocycles. The van der Waals surface area contributed by atoms with Gasteiger partial charge in [0.2, 0.25) is 5.91 Å². The molecule has 1 aromatic rings. The van der Waals surface area contributed by atoms with Gasteiger partial charge >= 0.3 is 5.97 Å². The van der Waals surface area contributed by atoms with Crippen molar-refractivity contribution < 1.29 is 14.3 Å². The first-order chi connectivity index (χ1) is 9.63. The van der Waals surface area contributed by atoms with Crippen LogP contribution in [0.4, 0.5) is 0 Å². The highest BCUT2D eigenvalue weighted by atomic mass is 16.5. The van der Waals surface area contributed by atoms with Crippen LogP contribution < -0.4 is 5.32 Å². The number of benzene rings is 1. The number of carbonyl (C=O) groups excluding carboxylic acids is 2. The highest BCUT2D eigenvalue weighted by Gasteiger charge is 2.32. The first-order valence-corrected chi connectivity index (χ1v) is 6.51. The maximum absolute atomic E-state index is 11.8. The predicted octanol–water partition coefficient (Wildman–Crippen LogP) is 1.17. The molecule has 1 aliphatic rings. The molecule has 1 N–H and O–H groups in total. The third kappa shape index (κ3) is 3.58. The van der Waals surface area contributed by atoms with Gasteiger partial charge < -0.3 is 10.1 Å². The van der Waals surface area contributed by atoms with Crippen molar-refractivity contribution in [1.82, 2.24) is 5.32 Å². The average Bonchev–Trinajstić information content (AvgIpc) is 3.31. The molecule has 1 fully saturated rings. The molecule has 5 nitrogen and oxygen atoms in total. The zero-order chi connectivity index (χ0) is 14.5. The minimum Gasteiger partial charge on any atom is -0.467 e. The van der Waals surface area contributed by atoms with E-state index in [1.807, 2.05) is 6.07 Å². The lowest BCUT2D eigenvalue weighted by Crippen LogP contribution is -2.43. The smallest absolute Gasteiger partial charge is 0.328 e. The van der Waals surface area contributed by atoms with Crippen LogP contribution in [0, 0.1) is 17.2 Å². The van der Waals surface area contributed by atoms with Crippen LogP contribution in [0.15, 0.2) is 24.3 Å². The van der Waals surface area contributed by atoms with Crippen LogP contribution in [0.3, 0.4) is 0 Å². The Hall–Kier alpha value is -2.35. The molecule has 0 radical (unpaired) electrons. The minimum absolute atomic E-state index is 0.0446. The van der Waals surface area contributed by atoms with E-state index in [2.05, 4.69) is 5.32 Å². The lowest BCUT2D eigenvalue weighted by atomic mass is 10.0. The van der Waals surface area contributed by atoms with Gasteiger partial charge in [-0.3, -0.25) is 4.79 Å². The van der Waals surface area contributed by atoms with E-state index in [1.165, 1.54) is 7.11 Å². The molecule has 104 valence electrons. The second-order valence-electron chi connectivity index (χ2n) is 4.87. The topological polar surface area (TPSA) is 79.2 Å². The number of nitriles is 1. The summed E-state index contributed by atoms with van der Waals surface area (Å²) in [6.07, 6.45) is 2.13. The summed E-state index contributed by atoms with van der Waals surface area (Å²) in [5, 5.41) is 11.5. The van der Waals surface area contributed by atoms with E-state index < -0.39 is 12.0 Å². The van der Waals surface area contributed by atoms with Crippen LogP contribution in [0.25, 0.3) is 0 Å². The van der Waals surface area contributed by atoms with Gasteiger partial charge in [-0.2, -0.15) is 5.26 Å². The van der Waals surface area contributed by atoms with Crippen LogP contribution in [0.1, 0.15) is 24.0 Å². The largest absolute Gasteiger partial charge is 0.467 e. The molecule has 0 spiro atoms. The van der Waals surface area contributed by atoms with E-state index in [0.29, 0.717) is 12.0 Å². The van der Waals surface area contributed by atoms with Gasteiger partial charge in [0.05, 0.1) is 18.7 Å². The van der Waals surface area contributed by atoms with Crippen LogP contribution in [-0.2, 0) is 20.7 Å². The van der Waals surface area contributed by atoms with Crippen molar-refractivity contribution in [2.45, 2.75) is 25.3 Å². The Bertz CT molecular complexity index is 541. The Balaban J connectivity index is 2.03. The van der Waals surface area contributed by atoms with Crippen molar-refractivity contribution in [3.8, 4) is 6.07 Å². The molecule has 5 heteroatoms. The zero-order valence-electron chi connectivity index (χ0n) is 11.3. The normalized spacial score (nSPS) is 15.0. The van der Waals surface area contributed by atoms with Gasteiger partial charge in [0.1, 0.15) is 6.04 Å². The molecule has 1 aromatic carbocycles. The van der Waals surface area contributed by atoms with E-state index >= 15 is 0 Å². The Morgan fingerprint density at radius 3 is 2.55 bits per heavy atom. The summed E-state index contributed by atoms with van der Waals surface area (Å²) in [5.41, 5.74) is 1.43. The fourth-order valence-corrected chi connectivity index (χ4v) is 1.92. The standard InChI is InChI=1S/C15H16N2O3/c1-20-15(19)13(17-14(18)12-6-7-12)8-10-2-4-11(9-16)5-3-10/h2-5,12-13H,6-8H2,1H3,(H,17,18)/t13-/m1/s1.